The zero-order chi connectivity index (χ0) is 23.7. The van der Waals surface area contributed by atoms with Crippen LogP contribution in [-0.4, -0.2) is 59.4 Å². The molecule has 0 spiro atoms. The molecule has 8 nitrogen and oxygen atoms in total. The normalized spacial score (nSPS) is 22.5. The van der Waals surface area contributed by atoms with Crippen molar-refractivity contribution in [3.05, 3.63) is 35.0 Å². The Kier molecular flexibility index (Phi) is 5.38. The molecular weight excluding hydrogens is 421 g/mol. The first-order valence-corrected chi connectivity index (χ1v) is 11.0. The molecule has 2 atom stereocenters. The van der Waals surface area contributed by atoms with Gasteiger partial charge in [0.05, 0.1) is 17.6 Å². The summed E-state index contributed by atoms with van der Waals surface area (Å²) in [4.78, 5) is 23.0. The summed E-state index contributed by atoms with van der Waals surface area (Å²) in [5.74, 6) is -1.59. The van der Waals surface area contributed by atoms with Gasteiger partial charge in [0, 0.05) is 36.5 Å². The highest BCUT2D eigenvalue weighted by atomic mass is 35.5. The van der Waals surface area contributed by atoms with Gasteiger partial charge in [0.25, 0.3) is 0 Å². The minimum atomic E-state index is -3.74. The number of carbonyl (C=O) groups is 1. The Morgan fingerprint density at radius 2 is 2.31 bits per heavy atom. The Morgan fingerprint density at radius 3 is 2.97 bits per heavy atom. The van der Waals surface area contributed by atoms with E-state index in [1.807, 2.05) is 6.92 Å². The van der Waals surface area contributed by atoms with Crippen molar-refractivity contribution in [3.63, 3.8) is 0 Å². The van der Waals surface area contributed by atoms with Gasteiger partial charge in [-0.3, -0.25) is 4.79 Å². The fourth-order valence-corrected chi connectivity index (χ4v) is 5.27. The van der Waals surface area contributed by atoms with Crippen molar-refractivity contribution in [2.75, 3.05) is 25.8 Å². The van der Waals surface area contributed by atoms with Gasteiger partial charge in [0.2, 0.25) is 15.9 Å². The average molecular weight is 447 g/mol. The van der Waals surface area contributed by atoms with Crippen LogP contribution in [0, 0.1) is 11.7 Å². The van der Waals surface area contributed by atoms with Gasteiger partial charge < -0.3 is 10.3 Å². The number of hydrogen-bond acceptors (Lipinski definition) is 5. The van der Waals surface area contributed by atoms with Gasteiger partial charge in [0.1, 0.15) is 11.5 Å². The third-order valence-electron chi connectivity index (χ3n) is 5.01. The summed E-state index contributed by atoms with van der Waals surface area (Å²) in [7, 11) is -3.74. The molecular formula is C18H23ClFN5O3S. The minimum absolute atomic E-state index is 0.0884. The van der Waals surface area contributed by atoms with Crippen molar-refractivity contribution in [1.29, 1.82) is 0 Å². The number of H-pyrrole nitrogens is 1. The zero-order valence-corrected chi connectivity index (χ0v) is 17.2. The standard InChI is InChI=1S/C18H23ClFN5O3S/c1-11-10-25(29(27,28)8-6-15(26)21-2)7-5-13(11)16-17(19)24-18(23-16)14-4-3-12(20)9-22-14/h3-4,9,11,13H,5-8,10H2,1-2H3,(H,21,26)(H,23,24)/t11-,13+/m0/s1/i2D3. The van der Waals surface area contributed by atoms with Crippen molar-refractivity contribution in [1.82, 2.24) is 24.6 Å². The van der Waals surface area contributed by atoms with Gasteiger partial charge in [-0.25, -0.2) is 27.1 Å². The second-order valence-electron chi connectivity index (χ2n) is 7.00. The number of nitrogens with zero attached hydrogens (tertiary/aromatic N) is 3. The van der Waals surface area contributed by atoms with E-state index in [-0.39, 0.29) is 30.1 Å². The maximum atomic E-state index is 13.1. The fourth-order valence-electron chi connectivity index (χ4n) is 3.45. The number of pyridine rings is 1. The number of aromatic amines is 1. The molecule has 3 rings (SSSR count). The van der Waals surface area contributed by atoms with E-state index in [2.05, 4.69) is 15.0 Å². The van der Waals surface area contributed by atoms with Gasteiger partial charge >= 0.3 is 0 Å². The minimum Gasteiger partial charge on any atom is -0.359 e. The highest BCUT2D eigenvalue weighted by molar-refractivity contribution is 7.89. The molecule has 0 aliphatic carbocycles. The molecule has 0 bridgehead atoms. The van der Waals surface area contributed by atoms with Crippen LogP contribution in [-0.2, 0) is 14.8 Å². The van der Waals surface area contributed by atoms with E-state index in [9.17, 15) is 17.6 Å². The third kappa shape index (κ3) is 4.93. The summed E-state index contributed by atoms with van der Waals surface area (Å²) in [6.07, 6.45) is 1.12. The third-order valence-corrected chi connectivity index (χ3v) is 7.14. The van der Waals surface area contributed by atoms with Gasteiger partial charge in [-0.15, -0.1) is 0 Å². The lowest BCUT2D eigenvalue weighted by atomic mass is 9.86. The van der Waals surface area contributed by atoms with E-state index >= 15 is 0 Å². The molecule has 0 radical (unpaired) electrons. The number of aromatic nitrogens is 3. The molecule has 1 amide bonds. The van der Waals surface area contributed by atoms with Gasteiger partial charge in [0.15, 0.2) is 11.0 Å². The van der Waals surface area contributed by atoms with Gasteiger partial charge in [-0.2, -0.15) is 0 Å². The molecule has 2 N–H and O–H groups in total. The zero-order valence-electron chi connectivity index (χ0n) is 18.7. The number of amides is 1. The number of hydrogen-bond donors (Lipinski definition) is 2. The van der Waals surface area contributed by atoms with Crippen LogP contribution in [0.2, 0.25) is 5.15 Å². The second-order valence-corrected chi connectivity index (χ2v) is 9.44. The first-order chi connectivity index (χ1) is 14.9. The molecule has 1 saturated heterocycles. The smallest absolute Gasteiger partial charge is 0.220 e. The van der Waals surface area contributed by atoms with Crippen LogP contribution >= 0.6 is 11.6 Å². The number of imidazole rings is 1. The monoisotopic (exact) mass is 446 g/mol. The molecule has 158 valence electrons. The first kappa shape index (κ1) is 17.8. The van der Waals surface area contributed by atoms with Crippen LogP contribution in [0.1, 0.15) is 35.5 Å². The molecule has 0 aromatic carbocycles. The summed E-state index contributed by atoms with van der Waals surface area (Å²) in [6, 6.07) is 2.75. The van der Waals surface area contributed by atoms with E-state index in [0.717, 1.165) is 6.20 Å². The number of halogens is 2. The molecule has 2 aromatic heterocycles. The maximum Gasteiger partial charge on any atom is 0.220 e. The SMILES string of the molecule is [2H]C([2H])([2H])NC(=O)CCS(=O)(=O)N1CC[C@@H](c2[nH]c(-c3ccc(F)cn3)nc2Cl)[C@@H](C)C1. The van der Waals surface area contributed by atoms with E-state index in [0.29, 0.717) is 23.6 Å². The van der Waals surface area contributed by atoms with E-state index in [4.69, 9.17) is 15.7 Å². The van der Waals surface area contributed by atoms with Crippen molar-refractivity contribution in [2.45, 2.75) is 25.7 Å². The van der Waals surface area contributed by atoms with Crippen LogP contribution in [0.4, 0.5) is 4.39 Å². The lowest BCUT2D eigenvalue weighted by Gasteiger charge is -2.35. The quantitative estimate of drug-likeness (QED) is 0.706. The molecule has 1 aliphatic rings. The van der Waals surface area contributed by atoms with Gasteiger partial charge in [-0.05, 0) is 24.5 Å². The van der Waals surface area contributed by atoms with E-state index in [1.54, 1.807) is 5.32 Å². The highest BCUT2D eigenvalue weighted by Gasteiger charge is 2.35. The van der Waals surface area contributed by atoms with E-state index in [1.165, 1.54) is 16.4 Å². The van der Waals surface area contributed by atoms with Crippen LogP contribution < -0.4 is 5.32 Å². The lowest BCUT2D eigenvalue weighted by Crippen LogP contribution is -2.43. The predicted octanol–water partition coefficient (Wildman–Crippen LogP) is 2.16. The highest BCUT2D eigenvalue weighted by Crippen LogP contribution is 2.37. The van der Waals surface area contributed by atoms with Gasteiger partial charge in [-0.1, -0.05) is 18.5 Å². The predicted molar refractivity (Wildman–Crippen MR) is 107 cm³/mol. The lowest BCUT2D eigenvalue weighted by molar-refractivity contribution is -0.120. The fraction of sp³-hybridized carbons (Fsp3) is 0.500. The molecule has 2 aromatic rings. The van der Waals surface area contributed by atoms with Crippen LogP contribution in [0.3, 0.4) is 0 Å². The number of carbonyl (C=O) groups excluding carboxylic acids is 1. The molecule has 11 heteroatoms. The summed E-state index contributed by atoms with van der Waals surface area (Å²) in [5, 5.41) is 2.03. The van der Waals surface area contributed by atoms with Crippen LogP contribution in [0.25, 0.3) is 11.5 Å². The number of piperidine rings is 1. The Labute approximate surface area is 178 Å². The van der Waals surface area contributed by atoms with Crippen LogP contribution in [0.5, 0.6) is 0 Å². The molecule has 29 heavy (non-hydrogen) atoms. The van der Waals surface area contributed by atoms with Crippen molar-refractivity contribution >= 4 is 27.5 Å². The van der Waals surface area contributed by atoms with Crippen LogP contribution in [0.15, 0.2) is 18.3 Å². The van der Waals surface area contributed by atoms with Crippen molar-refractivity contribution in [3.8, 4) is 11.5 Å². The Hall–Kier alpha value is -2.04. The van der Waals surface area contributed by atoms with E-state index < -0.39 is 40.9 Å². The van der Waals surface area contributed by atoms with Crippen molar-refractivity contribution in [2.24, 2.45) is 5.92 Å². The molecule has 0 unspecified atom stereocenters. The molecule has 3 heterocycles. The molecule has 0 saturated carbocycles. The largest absolute Gasteiger partial charge is 0.359 e. The topological polar surface area (TPSA) is 108 Å². The Bertz CT molecular complexity index is 1080. The molecule has 1 aliphatic heterocycles. The second kappa shape index (κ2) is 8.76. The Balaban J connectivity index is 1.65. The Morgan fingerprint density at radius 1 is 1.52 bits per heavy atom. The summed E-state index contributed by atoms with van der Waals surface area (Å²) >= 11 is 6.32. The number of sulfonamides is 1. The summed E-state index contributed by atoms with van der Waals surface area (Å²) < 4.78 is 60.7. The average Bonchev–Trinajstić information content (AvgIpc) is 3.07. The summed E-state index contributed by atoms with van der Waals surface area (Å²) in [5.41, 5.74) is 1.09. The maximum absolute atomic E-state index is 13.1. The van der Waals surface area contributed by atoms with Crippen molar-refractivity contribution < 1.29 is 21.7 Å². The number of rotatable bonds is 6. The first-order valence-electron chi connectivity index (χ1n) is 10.5. The number of nitrogens with one attached hydrogen (secondary N) is 2. The summed E-state index contributed by atoms with van der Waals surface area (Å²) in [6.45, 7) is -0.328. The molecule has 1 fully saturated rings.